The highest BCUT2D eigenvalue weighted by atomic mass is 16.5. The molecule has 0 saturated carbocycles. The van der Waals surface area contributed by atoms with Gasteiger partial charge in [-0.1, -0.05) is 80.6 Å². The van der Waals surface area contributed by atoms with Gasteiger partial charge in [-0.25, -0.2) is 0 Å². The summed E-state index contributed by atoms with van der Waals surface area (Å²) in [5.74, 6) is 0.0869. The third-order valence-corrected chi connectivity index (χ3v) is 5.17. The molecule has 0 saturated heterocycles. The highest BCUT2D eigenvalue weighted by Gasteiger charge is 2.16. The van der Waals surface area contributed by atoms with Crippen molar-refractivity contribution in [1.82, 2.24) is 10.9 Å². The zero-order chi connectivity index (χ0) is 22.9. The minimum absolute atomic E-state index is 0.191. The first-order valence-corrected chi connectivity index (χ1v) is 10.9. The van der Waals surface area contributed by atoms with Crippen LogP contribution in [0, 0.1) is 5.92 Å². The Balaban J connectivity index is 1.43. The van der Waals surface area contributed by atoms with Crippen LogP contribution in [-0.4, -0.2) is 18.4 Å². The molecule has 0 fully saturated rings. The van der Waals surface area contributed by atoms with Crippen LogP contribution < -0.4 is 15.6 Å². The number of ether oxygens (including phenoxy) is 1. The van der Waals surface area contributed by atoms with Gasteiger partial charge in [0, 0.05) is 0 Å². The molecule has 3 rings (SSSR count). The first-order chi connectivity index (χ1) is 15.4. The van der Waals surface area contributed by atoms with Crippen LogP contribution in [0.1, 0.15) is 37.8 Å². The molecule has 0 bridgehead atoms. The monoisotopic (exact) mass is 430 g/mol. The summed E-state index contributed by atoms with van der Waals surface area (Å²) in [7, 11) is 0. The molecule has 0 radical (unpaired) electrons. The summed E-state index contributed by atoms with van der Waals surface area (Å²) in [5.41, 5.74) is 9.23. The van der Waals surface area contributed by atoms with Crippen LogP contribution >= 0.6 is 0 Å². The molecule has 0 aliphatic heterocycles. The second-order valence-electron chi connectivity index (χ2n) is 8.28. The molecule has 1 atom stereocenters. The van der Waals surface area contributed by atoms with Gasteiger partial charge in [0.1, 0.15) is 5.75 Å². The number of hydrazine groups is 1. The molecule has 2 N–H and O–H groups in total. The van der Waals surface area contributed by atoms with Gasteiger partial charge in [-0.15, -0.1) is 0 Å². The summed E-state index contributed by atoms with van der Waals surface area (Å²) in [4.78, 5) is 24.5. The summed E-state index contributed by atoms with van der Waals surface area (Å²) >= 11 is 0. The minimum Gasteiger partial charge on any atom is -0.484 e. The third-order valence-electron chi connectivity index (χ3n) is 5.17. The first kappa shape index (κ1) is 23.1. The summed E-state index contributed by atoms with van der Waals surface area (Å²) in [6.07, 6.45) is 1.01. The molecular weight excluding hydrogens is 400 g/mol. The van der Waals surface area contributed by atoms with Gasteiger partial charge in [0.25, 0.3) is 5.91 Å². The molecular formula is C27H30N2O3. The van der Waals surface area contributed by atoms with Crippen LogP contribution in [0.4, 0.5) is 0 Å². The Morgan fingerprint density at radius 3 is 2.03 bits per heavy atom. The molecule has 5 nitrogen and oxygen atoms in total. The predicted octanol–water partition coefficient (Wildman–Crippen LogP) is 4.88. The van der Waals surface area contributed by atoms with Crippen molar-refractivity contribution in [2.45, 2.75) is 33.1 Å². The predicted molar refractivity (Wildman–Crippen MR) is 127 cm³/mol. The van der Waals surface area contributed by atoms with Gasteiger partial charge < -0.3 is 4.74 Å². The van der Waals surface area contributed by atoms with Crippen molar-refractivity contribution >= 4 is 11.8 Å². The van der Waals surface area contributed by atoms with E-state index in [0.717, 1.165) is 23.1 Å². The maximum Gasteiger partial charge on any atom is 0.276 e. The molecule has 3 aromatic carbocycles. The van der Waals surface area contributed by atoms with Crippen LogP contribution in [0.3, 0.4) is 0 Å². The molecule has 0 heterocycles. The second kappa shape index (κ2) is 11.1. The van der Waals surface area contributed by atoms with Crippen molar-refractivity contribution in [2.24, 2.45) is 5.92 Å². The lowest BCUT2D eigenvalue weighted by molar-refractivity contribution is -0.130. The second-order valence-corrected chi connectivity index (χ2v) is 8.28. The van der Waals surface area contributed by atoms with Gasteiger partial charge in [-0.05, 0) is 53.6 Å². The fourth-order valence-corrected chi connectivity index (χ4v) is 3.36. The van der Waals surface area contributed by atoms with E-state index in [1.165, 1.54) is 5.56 Å². The van der Waals surface area contributed by atoms with Gasteiger partial charge in [-0.2, -0.15) is 0 Å². The van der Waals surface area contributed by atoms with Gasteiger partial charge in [0.2, 0.25) is 5.91 Å². The van der Waals surface area contributed by atoms with E-state index in [1.54, 1.807) is 0 Å². The lowest BCUT2D eigenvalue weighted by Crippen LogP contribution is -2.45. The van der Waals surface area contributed by atoms with E-state index >= 15 is 0 Å². The van der Waals surface area contributed by atoms with E-state index in [4.69, 9.17) is 4.74 Å². The fourth-order valence-electron chi connectivity index (χ4n) is 3.36. The zero-order valence-corrected chi connectivity index (χ0v) is 18.8. The number of nitrogens with one attached hydrogen (secondary N) is 2. The van der Waals surface area contributed by atoms with E-state index in [9.17, 15) is 9.59 Å². The highest BCUT2D eigenvalue weighted by molar-refractivity contribution is 5.86. The lowest BCUT2D eigenvalue weighted by atomic mass is 9.96. The average molecular weight is 431 g/mol. The Labute approximate surface area is 189 Å². The maximum absolute atomic E-state index is 12.4. The van der Waals surface area contributed by atoms with Crippen LogP contribution in [0.15, 0.2) is 78.9 Å². The molecule has 1 unspecified atom stereocenters. The first-order valence-electron chi connectivity index (χ1n) is 10.9. The fraction of sp³-hybridized carbons (Fsp3) is 0.259. The van der Waals surface area contributed by atoms with E-state index in [2.05, 4.69) is 36.8 Å². The number of hydrogen-bond donors (Lipinski definition) is 2. The summed E-state index contributed by atoms with van der Waals surface area (Å²) < 4.78 is 5.52. The Morgan fingerprint density at radius 2 is 1.41 bits per heavy atom. The summed E-state index contributed by atoms with van der Waals surface area (Å²) in [6.45, 7) is 5.97. The molecule has 166 valence electrons. The van der Waals surface area contributed by atoms with Crippen molar-refractivity contribution in [1.29, 1.82) is 0 Å². The minimum atomic E-state index is -0.426. The standard InChI is InChI=1S/C27H30N2O3/c1-19(2)17-21-9-11-22(12-10-21)20(3)27(31)29-28-26(30)18-32-25-15-13-24(14-16-25)23-7-5-4-6-8-23/h4-16,19-20H,17-18H2,1-3H3,(H,28,30)(H,29,31). The molecule has 0 aliphatic carbocycles. The highest BCUT2D eigenvalue weighted by Crippen LogP contribution is 2.22. The van der Waals surface area contributed by atoms with Crippen molar-refractivity contribution in [3.8, 4) is 16.9 Å². The number of carbonyl (C=O) groups excluding carboxylic acids is 2. The average Bonchev–Trinajstić information content (AvgIpc) is 2.81. The quantitative estimate of drug-likeness (QED) is 0.501. The van der Waals surface area contributed by atoms with Crippen LogP contribution in [0.25, 0.3) is 11.1 Å². The Morgan fingerprint density at radius 1 is 0.781 bits per heavy atom. The van der Waals surface area contributed by atoms with Crippen molar-refractivity contribution in [2.75, 3.05) is 6.61 Å². The third kappa shape index (κ3) is 6.71. The lowest BCUT2D eigenvalue weighted by Gasteiger charge is -2.14. The van der Waals surface area contributed by atoms with E-state index in [-0.39, 0.29) is 18.4 Å². The number of carbonyl (C=O) groups is 2. The zero-order valence-electron chi connectivity index (χ0n) is 18.8. The van der Waals surface area contributed by atoms with Crippen LogP contribution in [-0.2, 0) is 16.0 Å². The largest absolute Gasteiger partial charge is 0.484 e. The van der Waals surface area contributed by atoms with Gasteiger partial charge >= 0.3 is 0 Å². The number of rotatable bonds is 8. The number of benzene rings is 3. The normalized spacial score (nSPS) is 11.6. The van der Waals surface area contributed by atoms with Crippen molar-refractivity contribution in [3.63, 3.8) is 0 Å². The number of amides is 2. The smallest absolute Gasteiger partial charge is 0.276 e. The topological polar surface area (TPSA) is 67.4 Å². The molecule has 5 heteroatoms. The van der Waals surface area contributed by atoms with E-state index in [1.807, 2.05) is 73.7 Å². The van der Waals surface area contributed by atoms with Crippen molar-refractivity contribution in [3.05, 3.63) is 90.0 Å². The summed E-state index contributed by atoms with van der Waals surface area (Å²) in [6, 6.07) is 25.6. The van der Waals surface area contributed by atoms with E-state index in [0.29, 0.717) is 11.7 Å². The Bertz CT molecular complexity index is 1010. The molecule has 32 heavy (non-hydrogen) atoms. The molecule has 0 aliphatic rings. The molecule has 3 aromatic rings. The van der Waals surface area contributed by atoms with Crippen molar-refractivity contribution < 1.29 is 14.3 Å². The maximum atomic E-state index is 12.4. The molecule has 0 aromatic heterocycles. The summed E-state index contributed by atoms with van der Waals surface area (Å²) in [5, 5.41) is 0. The van der Waals surface area contributed by atoms with Gasteiger partial charge in [0.15, 0.2) is 6.61 Å². The SMILES string of the molecule is CC(C)Cc1ccc(C(C)C(=O)NNC(=O)COc2ccc(-c3ccccc3)cc2)cc1. The van der Waals surface area contributed by atoms with E-state index < -0.39 is 5.91 Å². The number of hydrogen-bond acceptors (Lipinski definition) is 3. The van der Waals surface area contributed by atoms with Gasteiger partial charge in [0.05, 0.1) is 5.92 Å². The van der Waals surface area contributed by atoms with Gasteiger partial charge in [-0.3, -0.25) is 20.4 Å². The molecule has 0 spiro atoms. The van der Waals surface area contributed by atoms with Crippen LogP contribution in [0.2, 0.25) is 0 Å². The van der Waals surface area contributed by atoms with Crippen LogP contribution in [0.5, 0.6) is 5.75 Å². The molecule has 2 amide bonds. The Hall–Kier alpha value is -3.60. The Kier molecular flexibility index (Phi) is 8.03.